The Balaban J connectivity index is 2.11. The predicted octanol–water partition coefficient (Wildman–Crippen LogP) is 1.81. The van der Waals surface area contributed by atoms with Crippen LogP contribution in [-0.4, -0.2) is 34.2 Å². The first-order valence-corrected chi connectivity index (χ1v) is 7.36. The number of aliphatic hydroxyl groups excluding tert-OH is 1. The van der Waals surface area contributed by atoms with Crippen molar-refractivity contribution < 1.29 is 19.8 Å². The summed E-state index contributed by atoms with van der Waals surface area (Å²) >= 11 is 0. The van der Waals surface area contributed by atoms with Crippen molar-refractivity contribution in [1.29, 1.82) is 0 Å². The van der Waals surface area contributed by atoms with E-state index in [9.17, 15) is 14.7 Å². The lowest BCUT2D eigenvalue weighted by atomic mass is 9.81. The van der Waals surface area contributed by atoms with Crippen molar-refractivity contribution in [3.63, 3.8) is 0 Å². The van der Waals surface area contributed by atoms with Gasteiger partial charge in [-0.25, -0.2) is 4.79 Å². The number of benzene rings is 1. The Morgan fingerprint density at radius 3 is 2.29 bits per heavy atom. The molecule has 3 N–H and O–H groups in total. The molecule has 2 unspecified atom stereocenters. The number of hydrogen-bond acceptors (Lipinski definition) is 3. The number of aliphatic carboxylic acids is 1. The molecule has 0 spiro atoms. The minimum atomic E-state index is -1.57. The molecule has 0 radical (unpaired) electrons. The van der Waals surface area contributed by atoms with Crippen LogP contribution in [0.3, 0.4) is 0 Å². The number of carbonyl (C=O) groups excluding carboxylic acids is 1. The molecule has 0 heterocycles. The van der Waals surface area contributed by atoms with Gasteiger partial charge >= 0.3 is 5.97 Å². The van der Waals surface area contributed by atoms with Gasteiger partial charge in [-0.05, 0) is 30.9 Å². The summed E-state index contributed by atoms with van der Waals surface area (Å²) in [6.45, 7) is 0. The van der Waals surface area contributed by atoms with Crippen molar-refractivity contribution >= 4 is 11.9 Å². The molecule has 1 aliphatic rings. The molecular weight excluding hydrogens is 270 g/mol. The molecule has 1 aromatic rings. The summed E-state index contributed by atoms with van der Waals surface area (Å²) in [7, 11) is 0. The van der Waals surface area contributed by atoms with Crippen LogP contribution in [0, 0.1) is 5.92 Å². The summed E-state index contributed by atoms with van der Waals surface area (Å²) in [6, 6.07) is 7.90. The third kappa shape index (κ3) is 4.04. The standard InChI is InChI=1S/C16H21NO4/c18-14(16(20)21)13(11-7-3-1-4-8-11)17-15(19)12-9-5-2-6-10-12/h2,5-6,9-11,13-14,18H,1,3-4,7-8H2,(H,17,19)(H,20,21). The van der Waals surface area contributed by atoms with Gasteiger partial charge in [0.15, 0.2) is 6.10 Å². The third-order valence-electron chi connectivity index (χ3n) is 4.08. The van der Waals surface area contributed by atoms with Crippen molar-refractivity contribution in [1.82, 2.24) is 5.32 Å². The summed E-state index contributed by atoms with van der Waals surface area (Å²) in [5, 5.41) is 21.7. The maximum absolute atomic E-state index is 12.2. The fraction of sp³-hybridized carbons (Fsp3) is 0.500. The summed E-state index contributed by atoms with van der Waals surface area (Å²) in [5.74, 6) is -1.62. The highest BCUT2D eigenvalue weighted by Gasteiger charge is 2.34. The van der Waals surface area contributed by atoms with E-state index in [4.69, 9.17) is 5.11 Å². The largest absolute Gasteiger partial charge is 0.479 e. The maximum atomic E-state index is 12.2. The van der Waals surface area contributed by atoms with Crippen LogP contribution >= 0.6 is 0 Å². The number of rotatable bonds is 5. The van der Waals surface area contributed by atoms with Gasteiger partial charge in [0, 0.05) is 5.56 Å². The highest BCUT2D eigenvalue weighted by Crippen LogP contribution is 2.28. The Morgan fingerprint density at radius 2 is 1.71 bits per heavy atom. The molecule has 1 saturated carbocycles. The van der Waals surface area contributed by atoms with Gasteiger partial charge in [-0.15, -0.1) is 0 Å². The molecule has 0 aromatic heterocycles. The van der Waals surface area contributed by atoms with Crippen LogP contribution in [-0.2, 0) is 4.79 Å². The van der Waals surface area contributed by atoms with Crippen LogP contribution in [0.5, 0.6) is 0 Å². The van der Waals surface area contributed by atoms with Crippen molar-refractivity contribution in [2.45, 2.75) is 44.2 Å². The minimum Gasteiger partial charge on any atom is -0.479 e. The van der Waals surface area contributed by atoms with E-state index in [-0.39, 0.29) is 11.8 Å². The molecule has 2 rings (SSSR count). The normalized spacial score (nSPS) is 18.7. The fourth-order valence-corrected chi connectivity index (χ4v) is 2.93. The zero-order valence-corrected chi connectivity index (χ0v) is 11.9. The van der Waals surface area contributed by atoms with Gasteiger partial charge in [-0.2, -0.15) is 0 Å². The van der Waals surface area contributed by atoms with E-state index in [0.29, 0.717) is 5.56 Å². The molecule has 0 aliphatic heterocycles. The molecule has 0 saturated heterocycles. The number of nitrogens with one attached hydrogen (secondary N) is 1. The van der Waals surface area contributed by atoms with E-state index in [1.807, 2.05) is 6.07 Å². The predicted molar refractivity (Wildman–Crippen MR) is 77.9 cm³/mol. The van der Waals surface area contributed by atoms with E-state index in [2.05, 4.69) is 5.32 Å². The Kier molecular flexibility index (Phi) is 5.33. The van der Waals surface area contributed by atoms with Gasteiger partial charge < -0.3 is 15.5 Å². The van der Waals surface area contributed by atoms with Crippen molar-refractivity contribution in [2.24, 2.45) is 5.92 Å². The maximum Gasteiger partial charge on any atom is 0.334 e. The molecule has 114 valence electrons. The summed E-state index contributed by atoms with van der Waals surface area (Å²) in [6.07, 6.45) is 3.25. The SMILES string of the molecule is O=C(NC(C1CCCCC1)C(O)C(=O)O)c1ccccc1. The number of amides is 1. The Morgan fingerprint density at radius 1 is 1.10 bits per heavy atom. The number of aliphatic hydroxyl groups is 1. The number of carboxylic acids is 1. The molecule has 1 aromatic carbocycles. The highest BCUT2D eigenvalue weighted by atomic mass is 16.4. The number of hydrogen-bond donors (Lipinski definition) is 3. The van der Waals surface area contributed by atoms with E-state index in [1.54, 1.807) is 24.3 Å². The van der Waals surface area contributed by atoms with E-state index >= 15 is 0 Å². The van der Waals surface area contributed by atoms with Gasteiger partial charge in [0.05, 0.1) is 6.04 Å². The summed E-state index contributed by atoms with van der Waals surface area (Å²) < 4.78 is 0. The lowest BCUT2D eigenvalue weighted by molar-refractivity contribution is -0.149. The first kappa shape index (κ1) is 15.5. The van der Waals surface area contributed by atoms with Crippen molar-refractivity contribution in [3.05, 3.63) is 35.9 Å². The van der Waals surface area contributed by atoms with Crippen molar-refractivity contribution in [3.8, 4) is 0 Å². The lowest BCUT2D eigenvalue weighted by Crippen LogP contribution is -2.51. The summed E-state index contributed by atoms with van der Waals surface area (Å²) in [4.78, 5) is 23.3. The minimum absolute atomic E-state index is 0.0116. The average Bonchev–Trinajstić information content (AvgIpc) is 2.53. The molecule has 0 bridgehead atoms. The second kappa shape index (κ2) is 7.22. The third-order valence-corrected chi connectivity index (χ3v) is 4.08. The van der Waals surface area contributed by atoms with Crippen LogP contribution in [0.1, 0.15) is 42.5 Å². The van der Waals surface area contributed by atoms with E-state index < -0.39 is 18.1 Å². The topological polar surface area (TPSA) is 86.6 Å². The molecule has 1 fully saturated rings. The molecule has 2 atom stereocenters. The second-order valence-corrected chi connectivity index (χ2v) is 5.55. The summed E-state index contributed by atoms with van der Waals surface area (Å²) in [5.41, 5.74) is 0.468. The quantitative estimate of drug-likeness (QED) is 0.772. The van der Waals surface area contributed by atoms with Gasteiger partial charge in [0.1, 0.15) is 0 Å². The van der Waals surface area contributed by atoms with Crippen LogP contribution in [0.15, 0.2) is 30.3 Å². The number of carbonyl (C=O) groups is 2. The molecular formula is C16H21NO4. The van der Waals surface area contributed by atoms with E-state index in [0.717, 1.165) is 32.1 Å². The van der Waals surface area contributed by atoms with Crippen molar-refractivity contribution in [2.75, 3.05) is 0 Å². The van der Waals surface area contributed by atoms with Gasteiger partial charge in [-0.1, -0.05) is 37.5 Å². The number of carboxylic acid groups (broad SMARTS) is 1. The fourth-order valence-electron chi connectivity index (χ4n) is 2.93. The van der Waals surface area contributed by atoms with Crippen LogP contribution < -0.4 is 5.32 Å². The van der Waals surface area contributed by atoms with Crippen LogP contribution in [0.25, 0.3) is 0 Å². The smallest absolute Gasteiger partial charge is 0.334 e. The lowest BCUT2D eigenvalue weighted by Gasteiger charge is -2.32. The molecule has 21 heavy (non-hydrogen) atoms. The van der Waals surface area contributed by atoms with Gasteiger partial charge in [-0.3, -0.25) is 4.79 Å². The zero-order chi connectivity index (χ0) is 15.2. The average molecular weight is 291 g/mol. The Hall–Kier alpha value is -1.88. The highest BCUT2D eigenvalue weighted by molar-refractivity contribution is 5.94. The monoisotopic (exact) mass is 291 g/mol. The first-order chi connectivity index (χ1) is 10.1. The van der Waals surface area contributed by atoms with Crippen LogP contribution in [0.2, 0.25) is 0 Å². The zero-order valence-electron chi connectivity index (χ0n) is 11.9. The molecule has 1 amide bonds. The molecule has 5 nitrogen and oxygen atoms in total. The molecule has 1 aliphatic carbocycles. The first-order valence-electron chi connectivity index (χ1n) is 7.36. The van der Waals surface area contributed by atoms with Crippen LogP contribution in [0.4, 0.5) is 0 Å². The second-order valence-electron chi connectivity index (χ2n) is 5.55. The van der Waals surface area contributed by atoms with Gasteiger partial charge in [0.25, 0.3) is 5.91 Å². The Bertz CT molecular complexity index is 482. The molecule has 5 heteroatoms. The van der Waals surface area contributed by atoms with Gasteiger partial charge in [0.2, 0.25) is 0 Å². The van der Waals surface area contributed by atoms with E-state index in [1.165, 1.54) is 0 Å². The Labute approximate surface area is 124 Å².